The van der Waals surface area contributed by atoms with Crippen molar-refractivity contribution in [1.82, 2.24) is 15.0 Å². The molecule has 0 saturated heterocycles. The average Bonchev–Trinajstić information content (AvgIpc) is 2.64. The number of aromatic nitrogens is 3. The highest BCUT2D eigenvalue weighted by molar-refractivity contribution is 6.33. The summed E-state index contributed by atoms with van der Waals surface area (Å²) in [5.74, 6) is 1.32. The Bertz CT molecular complexity index is 1030. The molecule has 0 aliphatic heterocycles. The van der Waals surface area contributed by atoms with Crippen molar-refractivity contribution in [1.29, 1.82) is 0 Å². The molecule has 2 aromatic carbocycles. The van der Waals surface area contributed by atoms with Gasteiger partial charge in [-0.1, -0.05) is 41.9 Å². The van der Waals surface area contributed by atoms with Gasteiger partial charge in [0.25, 0.3) is 0 Å². The Morgan fingerprint density at radius 2 is 1.44 bits per heavy atom. The van der Waals surface area contributed by atoms with Crippen molar-refractivity contribution < 1.29 is 0 Å². The summed E-state index contributed by atoms with van der Waals surface area (Å²) in [5.41, 5.74) is 2.57. The molecule has 4 rings (SSSR count). The van der Waals surface area contributed by atoms with Crippen LogP contribution in [-0.4, -0.2) is 15.0 Å². The summed E-state index contributed by atoms with van der Waals surface area (Å²) in [4.78, 5) is 13.0. The summed E-state index contributed by atoms with van der Waals surface area (Å²) in [6, 6.07) is 19.3. The first-order valence-electron chi connectivity index (χ1n) is 7.74. The highest BCUT2D eigenvalue weighted by atomic mass is 35.5. The van der Waals surface area contributed by atoms with Gasteiger partial charge in [-0.3, -0.25) is 4.98 Å². The highest BCUT2D eigenvalue weighted by Gasteiger charge is 2.05. The van der Waals surface area contributed by atoms with E-state index in [1.54, 1.807) is 6.20 Å². The van der Waals surface area contributed by atoms with Crippen molar-refractivity contribution in [3.63, 3.8) is 0 Å². The predicted octanol–water partition coefficient (Wildman–Crippen LogP) is 5.17. The monoisotopic (exact) mass is 347 g/mol. The third kappa shape index (κ3) is 3.36. The lowest BCUT2D eigenvalue weighted by molar-refractivity contribution is 1.17. The third-order valence-corrected chi connectivity index (χ3v) is 4.03. The highest BCUT2D eigenvalue weighted by Crippen LogP contribution is 2.27. The van der Waals surface area contributed by atoms with Crippen molar-refractivity contribution in [2.24, 2.45) is 0 Å². The van der Waals surface area contributed by atoms with Crippen molar-refractivity contribution in [2.45, 2.75) is 0 Å². The second kappa shape index (κ2) is 6.75. The van der Waals surface area contributed by atoms with E-state index in [1.807, 2.05) is 60.7 Å². The van der Waals surface area contributed by atoms with Gasteiger partial charge in [0.05, 0.1) is 21.9 Å². The molecule has 122 valence electrons. The lowest BCUT2D eigenvalue weighted by Crippen LogP contribution is -1.99. The second-order valence-electron chi connectivity index (χ2n) is 5.40. The quantitative estimate of drug-likeness (QED) is 0.533. The Morgan fingerprint density at radius 3 is 2.28 bits per heavy atom. The third-order valence-electron chi connectivity index (χ3n) is 3.70. The largest absolute Gasteiger partial charge is 0.339 e. The van der Waals surface area contributed by atoms with Crippen LogP contribution in [0.4, 0.5) is 23.0 Å². The van der Waals surface area contributed by atoms with Gasteiger partial charge < -0.3 is 10.6 Å². The van der Waals surface area contributed by atoms with Crippen LogP contribution in [0.5, 0.6) is 0 Å². The molecule has 0 radical (unpaired) electrons. The number of nitrogens with zero attached hydrogens (tertiary/aromatic N) is 3. The van der Waals surface area contributed by atoms with E-state index in [0.717, 1.165) is 22.3 Å². The zero-order chi connectivity index (χ0) is 17.1. The lowest BCUT2D eigenvalue weighted by atomic mass is 10.2. The SMILES string of the molecule is Clc1ccccc1Nc1cc(Nc2cccc3cccnc23)ncn1. The van der Waals surface area contributed by atoms with E-state index < -0.39 is 0 Å². The van der Waals surface area contributed by atoms with Crippen molar-refractivity contribution in [3.05, 3.63) is 78.2 Å². The van der Waals surface area contributed by atoms with Crippen LogP contribution in [0, 0.1) is 0 Å². The fourth-order valence-corrected chi connectivity index (χ4v) is 2.72. The molecule has 0 amide bonds. The minimum Gasteiger partial charge on any atom is -0.339 e. The van der Waals surface area contributed by atoms with E-state index in [4.69, 9.17) is 11.6 Å². The first kappa shape index (κ1) is 15.4. The fourth-order valence-electron chi connectivity index (χ4n) is 2.54. The number of anilines is 4. The molecule has 5 nitrogen and oxygen atoms in total. The molecule has 0 aliphatic carbocycles. The Kier molecular flexibility index (Phi) is 4.14. The smallest absolute Gasteiger partial charge is 0.135 e. The van der Waals surface area contributed by atoms with Crippen LogP contribution >= 0.6 is 11.6 Å². The Balaban J connectivity index is 1.62. The van der Waals surface area contributed by atoms with Gasteiger partial charge in [-0.15, -0.1) is 0 Å². The van der Waals surface area contributed by atoms with Crippen LogP contribution in [0.2, 0.25) is 5.02 Å². The molecule has 0 saturated carbocycles. The van der Waals surface area contributed by atoms with Gasteiger partial charge in [0, 0.05) is 17.6 Å². The zero-order valence-electron chi connectivity index (χ0n) is 13.1. The predicted molar refractivity (Wildman–Crippen MR) is 102 cm³/mol. The molecular weight excluding hydrogens is 334 g/mol. The number of hydrogen-bond donors (Lipinski definition) is 2. The van der Waals surface area contributed by atoms with Crippen LogP contribution < -0.4 is 10.6 Å². The number of nitrogens with one attached hydrogen (secondary N) is 2. The maximum atomic E-state index is 6.18. The zero-order valence-corrected chi connectivity index (χ0v) is 13.9. The number of pyridine rings is 1. The molecule has 0 bridgehead atoms. The molecule has 6 heteroatoms. The number of hydrogen-bond acceptors (Lipinski definition) is 5. The second-order valence-corrected chi connectivity index (χ2v) is 5.81. The molecule has 0 atom stereocenters. The molecule has 0 unspecified atom stereocenters. The number of halogens is 1. The van der Waals surface area contributed by atoms with E-state index in [1.165, 1.54) is 6.33 Å². The van der Waals surface area contributed by atoms with Crippen molar-refractivity contribution in [2.75, 3.05) is 10.6 Å². The van der Waals surface area contributed by atoms with E-state index in [9.17, 15) is 0 Å². The van der Waals surface area contributed by atoms with E-state index >= 15 is 0 Å². The van der Waals surface area contributed by atoms with E-state index in [0.29, 0.717) is 16.7 Å². The van der Waals surface area contributed by atoms with Crippen LogP contribution in [0.1, 0.15) is 0 Å². The van der Waals surface area contributed by atoms with E-state index in [-0.39, 0.29) is 0 Å². The van der Waals surface area contributed by atoms with Gasteiger partial charge in [-0.2, -0.15) is 0 Å². The normalized spacial score (nSPS) is 10.6. The number of rotatable bonds is 4. The van der Waals surface area contributed by atoms with Gasteiger partial charge in [0.1, 0.15) is 18.0 Å². The average molecular weight is 348 g/mol. The van der Waals surface area contributed by atoms with Crippen molar-refractivity contribution >= 4 is 45.5 Å². The van der Waals surface area contributed by atoms with Gasteiger partial charge in [-0.05, 0) is 24.3 Å². The van der Waals surface area contributed by atoms with Gasteiger partial charge in [0.15, 0.2) is 0 Å². The molecule has 2 N–H and O–H groups in total. The molecule has 4 aromatic rings. The molecule has 2 aromatic heterocycles. The Labute approximate surface area is 149 Å². The van der Waals surface area contributed by atoms with Gasteiger partial charge in [0.2, 0.25) is 0 Å². The maximum absolute atomic E-state index is 6.18. The van der Waals surface area contributed by atoms with Gasteiger partial charge >= 0.3 is 0 Å². The van der Waals surface area contributed by atoms with Crippen LogP contribution in [0.3, 0.4) is 0 Å². The summed E-state index contributed by atoms with van der Waals surface area (Å²) in [6.45, 7) is 0. The lowest BCUT2D eigenvalue weighted by Gasteiger charge is -2.11. The Morgan fingerprint density at radius 1 is 0.720 bits per heavy atom. The van der Waals surface area contributed by atoms with Gasteiger partial charge in [-0.25, -0.2) is 9.97 Å². The molecule has 2 heterocycles. The maximum Gasteiger partial charge on any atom is 0.135 e. The van der Waals surface area contributed by atoms with Crippen molar-refractivity contribution in [3.8, 4) is 0 Å². The summed E-state index contributed by atoms with van der Waals surface area (Å²) in [5, 5.41) is 8.20. The minimum absolute atomic E-state index is 0.633. The standard InChI is InChI=1S/C19H14ClN5/c20-14-7-1-2-8-15(14)24-17-11-18(23-12-22-17)25-16-9-3-5-13-6-4-10-21-19(13)16/h1-12H,(H2,22,23,24,25). The summed E-state index contributed by atoms with van der Waals surface area (Å²) in [6.07, 6.45) is 3.28. The molecule has 0 fully saturated rings. The molecule has 0 spiro atoms. The van der Waals surface area contributed by atoms with Crippen LogP contribution in [0.25, 0.3) is 10.9 Å². The topological polar surface area (TPSA) is 62.7 Å². The van der Waals surface area contributed by atoms with Crippen LogP contribution in [-0.2, 0) is 0 Å². The number of para-hydroxylation sites is 2. The first-order valence-corrected chi connectivity index (χ1v) is 8.12. The number of benzene rings is 2. The summed E-state index contributed by atoms with van der Waals surface area (Å²) >= 11 is 6.18. The molecule has 25 heavy (non-hydrogen) atoms. The summed E-state index contributed by atoms with van der Waals surface area (Å²) < 4.78 is 0. The minimum atomic E-state index is 0.633. The Hall–Kier alpha value is -3.18. The number of fused-ring (bicyclic) bond motifs is 1. The van der Waals surface area contributed by atoms with Crippen LogP contribution in [0.15, 0.2) is 73.2 Å². The van der Waals surface area contributed by atoms with E-state index in [2.05, 4.69) is 25.6 Å². The summed E-state index contributed by atoms with van der Waals surface area (Å²) in [7, 11) is 0. The molecular formula is C19H14ClN5. The first-order chi connectivity index (χ1) is 12.3. The fraction of sp³-hybridized carbons (Fsp3) is 0. The molecule has 0 aliphatic rings.